The Morgan fingerprint density at radius 3 is 2.80 bits per heavy atom. The van der Waals surface area contributed by atoms with Gasteiger partial charge in [-0.25, -0.2) is 0 Å². The first-order chi connectivity index (χ1) is 7.09. The van der Waals surface area contributed by atoms with Crippen molar-refractivity contribution in [3.63, 3.8) is 0 Å². The molecule has 0 aromatic heterocycles. The van der Waals surface area contributed by atoms with Gasteiger partial charge in [0.15, 0.2) is 0 Å². The summed E-state index contributed by atoms with van der Waals surface area (Å²) >= 11 is 0. The number of primary amides is 1. The number of nitrogens with two attached hydrogens (primary N) is 1. The molecule has 86 valence electrons. The minimum absolute atomic E-state index is 0.243. The van der Waals surface area contributed by atoms with E-state index in [1.807, 2.05) is 0 Å². The summed E-state index contributed by atoms with van der Waals surface area (Å²) < 4.78 is 0. The molecule has 1 rings (SSSR count). The van der Waals surface area contributed by atoms with Gasteiger partial charge in [0, 0.05) is 13.0 Å². The fourth-order valence-electron chi connectivity index (χ4n) is 1.94. The Kier molecular flexibility index (Phi) is 4.55. The van der Waals surface area contributed by atoms with Crippen molar-refractivity contribution in [2.24, 2.45) is 11.7 Å². The van der Waals surface area contributed by atoms with Crippen molar-refractivity contribution in [1.29, 1.82) is 0 Å². The Hall–Kier alpha value is -1.10. The number of carboxylic acid groups (broad SMARTS) is 1. The second-order valence-electron chi connectivity index (χ2n) is 4.05. The summed E-state index contributed by atoms with van der Waals surface area (Å²) in [5, 5.41) is 8.87. The van der Waals surface area contributed by atoms with Crippen LogP contribution in [0.15, 0.2) is 0 Å². The van der Waals surface area contributed by atoms with Crippen LogP contribution in [0.2, 0.25) is 0 Å². The van der Waals surface area contributed by atoms with Crippen molar-refractivity contribution in [1.82, 2.24) is 4.90 Å². The number of hydrogen-bond acceptors (Lipinski definition) is 3. The van der Waals surface area contributed by atoms with E-state index >= 15 is 0 Å². The number of aliphatic carboxylic acids is 1. The SMILES string of the molecule is NC(=O)CCCN1CCCC(C(=O)O)C1. The van der Waals surface area contributed by atoms with Crippen molar-refractivity contribution < 1.29 is 14.7 Å². The average Bonchev–Trinajstić information content (AvgIpc) is 2.17. The number of likely N-dealkylation sites (tertiary alicyclic amines) is 1. The van der Waals surface area contributed by atoms with Gasteiger partial charge in [-0.05, 0) is 32.4 Å². The number of hydrogen-bond donors (Lipinski definition) is 2. The summed E-state index contributed by atoms with van der Waals surface area (Å²) in [5.74, 6) is -1.25. The molecular formula is C10H18N2O3. The molecule has 1 aliphatic rings. The minimum atomic E-state index is -0.713. The van der Waals surface area contributed by atoms with Gasteiger partial charge in [-0.15, -0.1) is 0 Å². The molecule has 1 atom stereocenters. The third-order valence-corrected chi connectivity index (χ3v) is 2.75. The summed E-state index contributed by atoms with van der Waals surface area (Å²) in [5.41, 5.74) is 5.03. The predicted octanol–water partition coefficient (Wildman–Crippen LogP) is 0.0485. The van der Waals surface area contributed by atoms with Gasteiger partial charge in [0.25, 0.3) is 0 Å². The quantitative estimate of drug-likeness (QED) is 0.677. The zero-order chi connectivity index (χ0) is 11.3. The Balaban J connectivity index is 2.24. The van der Waals surface area contributed by atoms with Crippen LogP contribution < -0.4 is 5.73 Å². The van der Waals surface area contributed by atoms with Gasteiger partial charge in [0.1, 0.15) is 0 Å². The van der Waals surface area contributed by atoms with E-state index in [4.69, 9.17) is 10.8 Å². The largest absolute Gasteiger partial charge is 0.481 e. The van der Waals surface area contributed by atoms with E-state index in [0.717, 1.165) is 32.4 Å². The molecule has 5 nitrogen and oxygen atoms in total. The lowest BCUT2D eigenvalue weighted by Crippen LogP contribution is -2.39. The highest BCUT2D eigenvalue weighted by atomic mass is 16.4. The molecule has 0 spiro atoms. The number of carboxylic acids is 1. The fraction of sp³-hybridized carbons (Fsp3) is 0.800. The number of carbonyl (C=O) groups excluding carboxylic acids is 1. The van der Waals surface area contributed by atoms with Gasteiger partial charge in [-0.2, -0.15) is 0 Å². The Bertz CT molecular complexity index is 243. The van der Waals surface area contributed by atoms with E-state index in [2.05, 4.69) is 4.90 Å². The molecule has 15 heavy (non-hydrogen) atoms. The number of piperidine rings is 1. The van der Waals surface area contributed by atoms with Crippen molar-refractivity contribution in [3.05, 3.63) is 0 Å². The molecule has 0 saturated carbocycles. The number of carbonyl (C=O) groups is 2. The van der Waals surface area contributed by atoms with Crippen LogP contribution in [0.1, 0.15) is 25.7 Å². The van der Waals surface area contributed by atoms with E-state index in [-0.39, 0.29) is 11.8 Å². The Labute approximate surface area is 89.2 Å². The smallest absolute Gasteiger partial charge is 0.307 e. The van der Waals surface area contributed by atoms with E-state index in [9.17, 15) is 9.59 Å². The maximum atomic E-state index is 10.8. The van der Waals surface area contributed by atoms with Crippen LogP contribution in [0.3, 0.4) is 0 Å². The van der Waals surface area contributed by atoms with Crippen molar-refractivity contribution in [2.45, 2.75) is 25.7 Å². The topological polar surface area (TPSA) is 83.6 Å². The molecule has 1 unspecified atom stereocenters. The molecule has 1 fully saturated rings. The lowest BCUT2D eigenvalue weighted by atomic mass is 9.98. The first-order valence-electron chi connectivity index (χ1n) is 5.33. The first-order valence-corrected chi connectivity index (χ1v) is 5.33. The van der Waals surface area contributed by atoms with E-state index in [0.29, 0.717) is 13.0 Å². The highest BCUT2D eigenvalue weighted by molar-refractivity contribution is 5.73. The van der Waals surface area contributed by atoms with E-state index in [1.165, 1.54) is 0 Å². The summed E-state index contributed by atoms with van der Waals surface area (Å²) in [4.78, 5) is 23.4. The molecule has 5 heteroatoms. The van der Waals surface area contributed by atoms with Gasteiger partial charge in [0.2, 0.25) is 5.91 Å². The molecule has 1 aliphatic heterocycles. The van der Waals surface area contributed by atoms with Crippen LogP contribution in [-0.2, 0) is 9.59 Å². The van der Waals surface area contributed by atoms with Crippen LogP contribution in [0.4, 0.5) is 0 Å². The van der Waals surface area contributed by atoms with E-state index < -0.39 is 5.97 Å². The van der Waals surface area contributed by atoms with E-state index in [1.54, 1.807) is 0 Å². The lowest BCUT2D eigenvalue weighted by molar-refractivity contribution is -0.143. The molecule has 1 amide bonds. The summed E-state index contributed by atoms with van der Waals surface area (Å²) in [6.45, 7) is 2.31. The summed E-state index contributed by atoms with van der Waals surface area (Å²) in [6.07, 6.45) is 2.80. The zero-order valence-corrected chi connectivity index (χ0v) is 8.82. The fourth-order valence-corrected chi connectivity index (χ4v) is 1.94. The maximum Gasteiger partial charge on any atom is 0.307 e. The Morgan fingerprint density at radius 2 is 2.20 bits per heavy atom. The second-order valence-corrected chi connectivity index (χ2v) is 4.05. The van der Waals surface area contributed by atoms with Gasteiger partial charge >= 0.3 is 5.97 Å². The van der Waals surface area contributed by atoms with Crippen LogP contribution in [0.5, 0.6) is 0 Å². The molecule has 0 radical (unpaired) electrons. The van der Waals surface area contributed by atoms with Gasteiger partial charge in [0.05, 0.1) is 5.92 Å². The second kappa shape index (κ2) is 5.70. The molecule has 3 N–H and O–H groups in total. The highest BCUT2D eigenvalue weighted by Gasteiger charge is 2.24. The predicted molar refractivity (Wildman–Crippen MR) is 55.2 cm³/mol. The molecular weight excluding hydrogens is 196 g/mol. The van der Waals surface area contributed by atoms with Crippen molar-refractivity contribution >= 4 is 11.9 Å². The first kappa shape index (κ1) is 12.0. The summed E-state index contributed by atoms with van der Waals surface area (Å²) in [6, 6.07) is 0. The van der Waals surface area contributed by atoms with Crippen LogP contribution in [0, 0.1) is 5.92 Å². The minimum Gasteiger partial charge on any atom is -0.481 e. The molecule has 1 saturated heterocycles. The van der Waals surface area contributed by atoms with Gasteiger partial charge in [-0.3, -0.25) is 9.59 Å². The maximum absolute atomic E-state index is 10.8. The van der Waals surface area contributed by atoms with Crippen molar-refractivity contribution in [3.8, 4) is 0 Å². The van der Waals surface area contributed by atoms with Crippen LogP contribution in [0.25, 0.3) is 0 Å². The Morgan fingerprint density at radius 1 is 1.47 bits per heavy atom. The highest BCUT2D eigenvalue weighted by Crippen LogP contribution is 2.16. The van der Waals surface area contributed by atoms with Gasteiger partial charge in [-0.1, -0.05) is 0 Å². The monoisotopic (exact) mass is 214 g/mol. The molecule has 0 bridgehead atoms. The third-order valence-electron chi connectivity index (χ3n) is 2.75. The van der Waals surface area contributed by atoms with Crippen LogP contribution >= 0.6 is 0 Å². The molecule has 1 heterocycles. The summed E-state index contributed by atoms with van der Waals surface area (Å²) in [7, 11) is 0. The number of nitrogens with zero attached hydrogens (tertiary/aromatic N) is 1. The zero-order valence-electron chi connectivity index (χ0n) is 8.82. The number of amides is 1. The molecule has 0 aliphatic carbocycles. The standard InChI is InChI=1S/C10H18N2O3/c11-9(13)4-2-6-12-5-1-3-8(7-12)10(14)15/h8H,1-7H2,(H2,11,13)(H,14,15). The van der Waals surface area contributed by atoms with Crippen LogP contribution in [-0.4, -0.2) is 41.5 Å². The van der Waals surface area contributed by atoms with Gasteiger partial charge < -0.3 is 15.7 Å². The average molecular weight is 214 g/mol. The lowest BCUT2D eigenvalue weighted by Gasteiger charge is -2.30. The molecule has 0 aromatic rings. The third kappa shape index (κ3) is 4.29. The molecule has 0 aromatic carbocycles. The normalized spacial score (nSPS) is 22.5. The number of rotatable bonds is 5. The van der Waals surface area contributed by atoms with Crippen molar-refractivity contribution in [2.75, 3.05) is 19.6 Å².